The normalized spacial score (nSPS) is 14.4. The van der Waals surface area contributed by atoms with Crippen LogP contribution in [0.4, 0.5) is 0 Å². The molecular weight excluding hydrogens is 262 g/mol. The molecule has 21 heavy (non-hydrogen) atoms. The number of nitrogens with two attached hydrogens (primary N) is 1. The fourth-order valence-electron chi connectivity index (χ4n) is 2.48. The van der Waals surface area contributed by atoms with Crippen molar-refractivity contribution in [3.63, 3.8) is 0 Å². The van der Waals surface area contributed by atoms with E-state index in [1.54, 1.807) is 7.11 Å². The predicted molar refractivity (Wildman–Crippen MR) is 87.5 cm³/mol. The van der Waals surface area contributed by atoms with E-state index in [0.717, 1.165) is 34.9 Å². The van der Waals surface area contributed by atoms with Crippen molar-refractivity contribution in [2.45, 2.75) is 38.8 Å². The number of hydrogen-bond acceptors (Lipinski definition) is 3. The van der Waals surface area contributed by atoms with Gasteiger partial charge in [-0.05, 0) is 53.3 Å². The first-order chi connectivity index (χ1) is 10.0. The smallest absolute Gasteiger partial charge is 0.119 e. The Bertz CT molecular complexity index is 595. The summed E-state index contributed by atoms with van der Waals surface area (Å²) in [5.41, 5.74) is 7.17. The molecule has 0 fully saturated rings. The minimum absolute atomic E-state index is 0.338. The molecule has 0 aliphatic carbocycles. The van der Waals surface area contributed by atoms with E-state index in [0.29, 0.717) is 5.92 Å². The summed E-state index contributed by atoms with van der Waals surface area (Å²) in [6.45, 7) is 4.31. The van der Waals surface area contributed by atoms with E-state index >= 15 is 0 Å². The van der Waals surface area contributed by atoms with Crippen molar-refractivity contribution in [2.24, 2.45) is 11.7 Å². The highest BCUT2D eigenvalue weighted by Crippen LogP contribution is 2.26. The molecule has 114 valence electrons. The van der Waals surface area contributed by atoms with Gasteiger partial charge in [-0.1, -0.05) is 32.0 Å². The zero-order chi connectivity index (χ0) is 15.4. The molecule has 3 heteroatoms. The van der Waals surface area contributed by atoms with Gasteiger partial charge in [0.2, 0.25) is 0 Å². The number of methoxy groups -OCH3 is 1. The molecule has 2 aromatic rings. The number of benzene rings is 2. The molecular formula is C18H25NO2. The van der Waals surface area contributed by atoms with Gasteiger partial charge in [-0.15, -0.1) is 0 Å². The van der Waals surface area contributed by atoms with Gasteiger partial charge in [-0.25, -0.2) is 0 Å². The van der Waals surface area contributed by atoms with Gasteiger partial charge in [-0.2, -0.15) is 0 Å². The zero-order valence-electron chi connectivity index (χ0n) is 13.0. The molecule has 3 N–H and O–H groups in total. The molecule has 0 spiro atoms. The largest absolute Gasteiger partial charge is 0.497 e. The topological polar surface area (TPSA) is 55.5 Å². The summed E-state index contributed by atoms with van der Waals surface area (Å²) in [6.07, 6.45) is 1.22. The zero-order valence-corrected chi connectivity index (χ0v) is 13.0. The Labute approximate surface area is 126 Å². The molecule has 2 aromatic carbocycles. The summed E-state index contributed by atoms with van der Waals surface area (Å²) in [7, 11) is 1.66. The van der Waals surface area contributed by atoms with Crippen LogP contribution in [0.1, 0.15) is 38.3 Å². The van der Waals surface area contributed by atoms with E-state index in [4.69, 9.17) is 10.5 Å². The van der Waals surface area contributed by atoms with Crippen LogP contribution in [0.25, 0.3) is 10.8 Å². The lowest BCUT2D eigenvalue weighted by atomic mass is 9.94. The van der Waals surface area contributed by atoms with Gasteiger partial charge in [0.15, 0.2) is 0 Å². The third-order valence-corrected chi connectivity index (χ3v) is 3.91. The summed E-state index contributed by atoms with van der Waals surface area (Å²) < 4.78 is 5.23. The molecule has 2 atom stereocenters. The van der Waals surface area contributed by atoms with E-state index in [-0.39, 0.29) is 6.04 Å². The molecule has 0 saturated heterocycles. The number of hydrogen-bond donors (Lipinski definition) is 2. The number of ether oxygens (including phenoxy) is 1. The second-order valence-corrected chi connectivity index (χ2v) is 6.04. The lowest BCUT2D eigenvalue weighted by Gasteiger charge is -2.20. The van der Waals surface area contributed by atoms with Crippen molar-refractivity contribution < 1.29 is 9.84 Å². The van der Waals surface area contributed by atoms with Crippen molar-refractivity contribution in [1.82, 2.24) is 0 Å². The minimum atomic E-state index is -0.497. The van der Waals surface area contributed by atoms with Crippen LogP contribution in [-0.2, 0) is 0 Å². The minimum Gasteiger partial charge on any atom is -0.497 e. The van der Waals surface area contributed by atoms with E-state index in [1.807, 2.05) is 30.3 Å². The maximum absolute atomic E-state index is 10.2. The second-order valence-electron chi connectivity index (χ2n) is 6.04. The van der Waals surface area contributed by atoms with Crippen molar-refractivity contribution >= 4 is 10.8 Å². The molecule has 0 bridgehead atoms. The summed E-state index contributed by atoms with van der Waals surface area (Å²) in [5.74, 6) is 1.42. The van der Waals surface area contributed by atoms with Gasteiger partial charge in [-0.3, -0.25) is 0 Å². The average molecular weight is 287 g/mol. The quantitative estimate of drug-likeness (QED) is 0.852. The molecule has 0 aliphatic heterocycles. The lowest BCUT2D eigenvalue weighted by Crippen LogP contribution is -2.26. The highest BCUT2D eigenvalue weighted by Gasteiger charge is 2.17. The Hall–Kier alpha value is -1.58. The van der Waals surface area contributed by atoms with Crippen LogP contribution >= 0.6 is 0 Å². The van der Waals surface area contributed by atoms with Crippen molar-refractivity contribution in [1.29, 1.82) is 0 Å². The van der Waals surface area contributed by atoms with Crippen molar-refractivity contribution in [3.05, 3.63) is 42.0 Å². The Balaban J connectivity index is 2.18. The second kappa shape index (κ2) is 6.92. The lowest BCUT2D eigenvalue weighted by molar-refractivity contribution is 0.128. The molecule has 3 nitrogen and oxygen atoms in total. The third kappa shape index (κ3) is 3.96. The highest BCUT2D eigenvalue weighted by molar-refractivity contribution is 5.84. The van der Waals surface area contributed by atoms with Crippen LogP contribution in [0.15, 0.2) is 36.4 Å². The monoisotopic (exact) mass is 287 g/mol. The molecule has 0 aromatic heterocycles. The number of aliphatic hydroxyl groups is 1. The number of rotatable bonds is 6. The van der Waals surface area contributed by atoms with Gasteiger partial charge in [0.1, 0.15) is 5.75 Å². The summed E-state index contributed by atoms with van der Waals surface area (Å²) in [5, 5.41) is 12.5. The van der Waals surface area contributed by atoms with Crippen LogP contribution in [0, 0.1) is 5.92 Å². The van der Waals surface area contributed by atoms with Crippen LogP contribution in [0.2, 0.25) is 0 Å². The molecule has 0 saturated carbocycles. The van der Waals surface area contributed by atoms with Crippen LogP contribution in [0.5, 0.6) is 5.75 Å². The van der Waals surface area contributed by atoms with E-state index < -0.39 is 6.10 Å². The van der Waals surface area contributed by atoms with E-state index in [1.165, 1.54) is 0 Å². The molecule has 0 amide bonds. The van der Waals surface area contributed by atoms with Gasteiger partial charge in [0.05, 0.1) is 19.3 Å². The summed E-state index contributed by atoms with van der Waals surface area (Å²) >= 11 is 0. The predicted octanol–water partition coefficient (Wildman–Crippen LogP) is 3.65. The first-order valence-electron chi connectivity index (χ1n) is 7.52. The molecule has 0 unspecified atom stereocenters. The average Bonchev–Trinajstić information content (AvgIpc) is 2.50. The van der Waals surface area contributed by atoms with Crippen LogP contribution < -0.4 is 10.5 Å². The third-order valence-electron chi connectivity index (χ3n) is 3.91. The first-order valence-corrected chi connectivity index (χ1v) is 7.52. The SMILES string of the molecule is COc1ccc2cc([C@H](N)[C@H](O)CCC(C)C)ccc2c1. The molecule has 0 aliphatic rings. The fourth-order valence-corrected chi connectivity index (χ4v) is 2.48. The van der Waals surface area contributed by atoms with Gasteiger partial charge >= 0.3 is 0 Å². The Morgan fingerprint density at radius 1 is 1.05 bits per heavy atom. The van der Waals surface area contributed by atoms with E-state index in [9.17, 15) is 5.11 Å². The Morgan fingerprint density at radius 2 is 1.71 bits per heavy atom. The maximum atomic E-state index is 10.2. The van der Waals surface area contributed by atoms with Crippen LogP contribution in [-0.4, -0.2) is 18.3 Å². The van der Waals surface area contributed by atoms with Crippen LogP contribution in [0.3, 0.4) is 0 Å². The number of fused-ring (bicyclic) bond motifs is 1. The van der Waals surface area contributed by atoms with Crippen molar-refractivity contribution in [2.75, 3.05) is 7.11 Å². The van der Waals surface area contributed by atoms with Gasteiger partial charge in [0, 0.05) is 0 Å². The Kier molecular flexibility index (Phi) is 5.21. The van der Waals surface area contributed by atoms with Gasteiger partial charge < -0.3 is 15.6 Å². The van der Waals surface area contributed by atoms with Gasteiger partial charge in [0.25, 0.3) is 0 Å². The summed E-state index contributed by atoms with van der Waals surface area (Å²) in [6, 6.07) is 11.7. The maximum Gasteiger partial charge on any atom is 0.119 e. The number of aliphatic hydroxyl groups excluding tert-OH is 1. The highest BCUT2D eigenvalue weighted by atomic mass is 16.5. The Morgan fingerprint density at radius 3 is 2.38 bits per heavy atom. The van der Waals surface area contributed by atoms with E-state index in [2.05, 4.69) is 19.9 Å². The first kappa shape index (κ1) is 15.8. The molecule has 2 rings (SSSR count). The fraction of sp³-hybridized carbons (Fsp3) is 0.444. The molecule has 0 heterocycles. The van der Waals surface area contributed by atoms with Crippen molar-refractivity contribution in [3.8, 4) is 5.75 Å². The molecule has 0 radical (unpaired) electrons. The standard InChI is InChI=1S/C18H25NO2/c1-12(2)4-9-17(20)18(19)15-6-5-14-11-16(21-3)8-7-13(14)10-15/h5-8,10-12,17-18,20H,4,9,19H2,1-3H3/t17-,18+/m1/s1. The summed E-state index contributed by atoms with van der Waals surface area (Å²) in [4.78, 5) is 0.